The first kappa shape index (κ1) is 10.8. The molecule has 1 aliphatic rings. The van der Waals surface area contributed by atoms with E-state index in [2.05, 4.69) is 0 Å². The van der Waals surface area contributed by atoms with Gasteiger partial charge in [0.2, 0.25) is 0 Å². The smallest absolute Gasteiger partial charge is 0.306 e. The summed E-state index contributed by atoms with van der Waals surface area (Å²) in [6.07, 6.45) is -3.31. The van der Waals surface area contributed by atoms with Crippen LogP contribution in [0.25, 0.3) is 0 Å². The zero-order valence-corrected chi connectivity index (χ0v) is 8.12. The molecule has 0 spiro atoms. The van der Waals surface area contributed by atoms with E-state index in [9.17, 15) is 13.2 Å². The van der Waals surface area contributed by atoms with Crippen LogP contribution in [0.2, 0.25) is 0 Å². The van der Waals surface area contributed by atoms with E-state index < -0.39 is 11.6 Å². The van der Waals surface area contributed by atoms with Gasteiger partial charge < -0.3 is 4.90 Å². The van der Waals surface area contributed by atoms with Gasteiger partial charge in [0.1, 0.15) is 0 Å². The maximum absolute atomic E-state index is 12.7. The zero-order valence-electron chi connectivity index (χ0n) is 8.12. The molecule has 1 saturated heterocycles. The molecule has 78 valence electrons. The number of hydrogen-bond acceptors (Lipinski definition) is 1. The van der Waals surface area contributed by atoms with Gasteiger partial charge in [-0.3, -0.25) is 0 Å². The fourth-order valence-corrected chi connectivity index (χ4v) is 1.88. The lowest BCUT2D eigenvalue weighted by atomic mass is 9.75. The Labute approximate surface area is 76.9 Å². The lowest BCUT2D eigenvalue weighted by molar-refractivity contribution is -0.238. The van der Waals surface area contributed by atoms with E-state index in [1.165, 1.54) is 0 Å². The third-order valence-corrected chi connectivity index (χ3v) is 3.22. The molecule has 0 radical (unpaired) electrons. The molecule has 0 aliphatic carbocycles. The number of halogens is 3. The molecular formula is C9H16F3N. The molecule has 0 bridgehead atoms. The first-order valence-corrected chi connectivity index (χ1v) is 4.66. The minimum atomic E-state index is -4.02. The summed E-state index contributed by atoms with van der Waals surface area (Å²) in [5.41, 5.74) is -1.40. The Morgan fingerprint density at radius 3 is 2.00 bits per heavy atom. The molecule has 0 saturated carbocycles. The quantitative estimate of drug-likeness (QED) is 0.621. The number of alkyl halides is 3. The average Bonchev–Trinajstić information content (AvgIpc) is 2.04. The van der Waals surface area contributed by atoms with Crippen molar-refractivity contribution in [2.45, 2.75) is 32.4 Å². The van der Waals surface area contributed by atoms with E-state index in [1.54, 1.807) is 6.92 Å². The van der Waals surface area contributed by atoms with Gasteiger partial charge in [-0.05, 0) is 39.4 Å². The highest BCUT2D eigenvalue weighted by atomic mass is 19.4. The van der Waals surface area contributed by atoms with Gasteiger partial charge in [-0.25, -0.2) is 0 Å². The number of likely N-dealkylation sites (tertiary alicyclic amines) is 1. The predicted molar refractivity (Wildman–Crippen MR) is 45.5 cm³/mol. The lowest BCUT2D eigenvalue weighted by Gasteiger charge is -2.41. The normalized spacial score (nSPS) is 24.7. The highest BCUT2D eigenvalue weighted by Gasteiger charge is 2.53. The zero-order chi connectivity index (χ0) is 10.1. The summed E-state index contributed by atoms with van der Waals surface area (Å²) >= 11 is 0. The molecule has 1 nitrogen and oxygen atoms in total. The van der Waals surface area contributed by atoms with Crippen LogP contribution in [0.15, 0.2) is 0 Å². The monoisotopic (exact) mass is 195 g/mol. The third-order valence-electron chi connectivity index (χ3n) is 3.22. The van der Waals surface area contributed by atoms with E-state index >= 15 is 0 Å². The molecule has 1 aliphatic heterocycles. The largest absolute Gasteiger partial charge is 0.394 e. The number of piperidine rings is 1. The Bertz CT molecular complexity index is 168. The molecule has 0 atom stereocenters. The van der Waals surface area contributed by atoms with Crippen molar-refractivity contribution in [3.8, 4) is 0 Å². The van der Waals surface area contributed by atoms with Crippen molar-refractivity contribution in [3.05, 3.63) is 0 Å². The van der Waals surface area contributed by atoms with Crippen LogP contribution in [-0.2, 0) is 0 Å². The van der Waals surface area contributed by atoms with Crippen LogP contribution in [0.1, 0.15) is 26.2 Å². The fraction of sp³-hybridized carbons (Fsp3) is 1.00. The van der Waals surface area contributed by atoms with Gasteiger partial charge in [-0.15, -0.1) is 0 Å². The van der Waals surface area contributed by atoms with Gasteiger partial charge in [0, 0.05) is 0 Å². The van der Waals surface area contributed by atoms with Crippen molar-refractivity contribution in [1.82, 2.24) is 4.90 Å². The van der Waals surface area contributed by atoms with E-state index in [4.69, 9.17) is 0 Å². The molecular weight excluding hydrogens is 179 g/mol. The van der Waals surface area contributed by atoms with Crippen molar-refractivity contribution in [3.63, 3.8) is 0 Å². The van der Waals surface area contributed by atoms with Gasteiger partial charge in [-0.1, -0.05) is 6.92 Å². The number of hydrogen-bond donors (Lipinski definition) is 0. The van der Waals surface area contributed by atoms with Gasteiger partial charge in [-0.2, -0.15) is 13.2 Å². The summed E-state index contributed by atoms with van der Waals surface area (Å²) < 4.78 is 38.1. The first-order chi connectivity index (χ1) is 5.91. The number of nitrogens with zero attached hydrogens (tertiary/aromatic N) is 1. The molecule has 0 aromatic rings. The maximum atomic E-state index is 12.7. The van der Waals surface area contributed by atoms with Crippen molar-refractivity contribution < 1.29 is 13.2 Å². The first-order valence-electron chi connectivity index (χ1n) is 4.66. The molecule has 1 heterocycles. The van der Waals surface area contributed by atoms with E-state index in [0.717, 1.165) is 0 Å². The Morgan fingerprint density at radius 2 is 1.69 bits per heavy atom. The van der Waals surface area contributed by atoms with Crippen LogP contribution in [0.3, 0.4) is 0 Å². The molecule has 0 unspecified atom stereocenters. The lowest BCUT2D eigenvalue weighted by Crippen LogP contribution is -2.46. The topological polar surface area (TPSA) is 3.24 Å². The fourth-order valence-electron chi connectivity index (χ4n) is 1.88. The van der Waals surface area contributed by atoms with E-state index in [0.29, 0.717) is 13.1 Å². The Morgan fingerprint density at radius 1 is 1.23 bits per heavy atom. The van der Waals surface area contributed by atoms with Crippen LogP contribution in [0.5, 0.6) is 0 Å². The third kappa shape index (κ3) is 1.98. The van der Waals surface area contributed by atoms with Crippen LogP contribution in [0.4, 0.5) is 13.2 Å². The van der Waals surface area contributed by atoms with Crippen LogP contribution in [-0.4, -0.2) is 31.2 Å². The van der Waals surface area contributed by atoms with Gasteiger partial charge >= 0.3 is 6.18 Å². The summed E-state index contributed by atoms with van der Waals surface area (Å²) in [5.74, 6) is 0. The molecule has 1 rings (SSSR count). The van der Waals surface area contributed by atoms with E-state index in [1.807, 2.05) is 11.9 Å². The molecule has 1 fully saturated rings. The summed E-state index contributed by atoms with van der Waals surface area (Å²) in [4.78, 5) is 1.96. The summed E-state index contributed by atoms with van der Waals surface area (Å²) in [7, 11) is 1.87. The standard InChI is InChI=1S/C9H16F3N/c1-3-8(9(10,11)12)4-6-13(2)7-5-8/h3-7H2,1-2H3. The second kappa shape index (κ2) is 3.48. The summed E-state index contributed by atoms with van der Waals surface area (Å²) in [6, 6.07) is 0. The Balaban J connectivity index is 2.72. The Kier molecular flexibility index (Phi) is 2.90. The molecule has 4 heteroatoms. The highest BCUT2D eigenvalue weighted by molar-refractivity contribution is 4.89. The number of rotatable bonds is 1. The van der Waals surface area contributed by atoms with Crippen molar-refractivity contribution in [1.29, 1.82) is 0 Å². The highest BCUT2D eigenvalue weighted by Crippen LogP contribution is 2.48. The molecule has 0 aromatic heterocycles. The molecule has 0 aromatic carbocycles. The van der Waals surface area contributed by atoms with Crippen LogP contribution in [0, 0.1) is 5.41 Å². The van der Waals surface area contributed by atoms with Gasteiger partial charge in [0.15, 0.2) is 0 Å². The van der Waals surface area contributed by atoms with Crippen LogP contribution >= 0.6 is 0 Å². The van der Waals surface area contributed by atoms with Gasteiger partial charge in [0.05, 0.1) is 5.41 Å². The minimum absolute atomic E-state index is 0.213. The summed E-state index contributed by atoms with van der Waals surface area (Å²) in [5, 5.41) is 0. The van der Waals surface area contributed by atoms with Gasteiger partial charge in [0.25, 0.3) is 0 Å². The second-order valence-electron chi connectivity index (χ2n) is 3.93. The van der Waals surface area contributed by atoms with E-state index in [-0.39, 0.29) is 19.3 Å². The van der Waals surface area contributed by atoms with Crippen molar-refractivity contribution >= 4 is 0 Å². The van der Waals surface area contributed by atoms with Crippen molar-refractivity contribution in [2.75, 3.05) is 20.1 Å². The summed E-state index contributed by atoms with van der Waals surface area (Å²) in [6.45, 7) is 2.76. The minimum Gasteiger partial charge on any atom is -0.306 e. The van der Waals surface area contributed by atoms with Crippen LogP contribution < -0.4 is 0 Å². The average molecular weight is 195 g/mol. The molecule has 13 heavy (non-hydrogen) atoms. The maximum Gasteiger partial charge on any atom is 0.394 e. The van der Waals surface area contributed by atoms with Crippen molar-refractivity contribution in [2.24, 2.45) is 5.41 Å². The Hall–Kier alpha value is -0.250. The molecule has 0 amide bonds. The molecule has 0 N–H and O–H groups in total. The SMILES string of the molecule is CCC1(C(F)(F)F)CCN(C)CC1. The predicted octanol–water partition coefficient (Wildman–Crippen LogP) is 2.67. The second-order valence-corrected chi connectivity index (χ2v) is 3.93.